The van der Waals surface area contributed by atoms with E-state index in [4.69, 9.17) is 5.41 Å². The molecule has 0 unspecified atom stereocenters. The van der Waals surface area contributed by atoms with E-state index in [1.807, 2.05) is 0 Å². The topological polar surface area (TPSA) is 120 Å². The molecule has 11 heteroatoms. The van der Waals surface area contributed by atoms with Crippen molar-refractivity contribution in [2.45, 2.75) is 9.79 Å². The smallest absolute Gasteiger partial charge is 0.273 e. The van der Waals surface area contributed by atoms with Gasteiger partial charge in [-0.3, -0.25) is 15.3 Å². The van der Waals surface area contributed by atoms with Crippen molar-refractivity contribution in [3.63, 3.8) is 0 Å². The molecule has 3 heterocycles. The highest BCUT2D eigenvalue weighted by molar-refractivity contribution is 8.19. The summed E-state index contributed by atoms with van der Waals surface area (Å²) in [4.78, 5) is 19.0. The molecule has 0 spiro atoms. The molecular formula is C22H15N5O3S3. The largest absolute Gasteiger partial charge is 0.284 e. The Bertz CT molecular complexity index is 1480. The summed E-state index contributed by atoms with van der Waals surface area (Å²) in [5.41, 5.74) is 1.91. The number of rotatable bonds is 5. The maximum absolute atomic E-state index is 12.8. The number of amidine groups is 1. The van der Waals surface area contributed by atoms with Crippen molar-refractivity contribution in [1.82, 2.24) is 15.2 Å². The summed E-state index contributed by atoms with van der Waals surface area (Å²) in [5.74, 6) is -0.323. The molecule has 1 aliphatic rings. The van der Waals surface area contributed by atoms with Crippen LogP contribution >= 0.6 is 23.1 Å². The van der Waals surface area contributed by atoms with E-state index >= 15 is 0 Å². The minimum Gasteiger partial charge on any atom is -0.284 e. The third kappa shape index (κ3) is 3.90. The number of nitrogens with zero attached hydrogens (tertiary/aromatic N) is 3. The molecule has 1 fully saturated rings. The number of benzene rings is 2. The third-order valence-electron chi connectivity index (χ3n) is 4.88. The summed E-state index contributed by atoms with van der Waals surface area (Å²) in [6.07, 6.45) is 4.91. The highest BCUT2D eigenvalue weighted by Crippen LogP contribution is 2.37. The normalized spacial score (nSPS) is 15.5. The molecule has 164 valence electrons. The zero-order valence-electron chi connectivity index (χ0n) is 16.8. The Balaban J connectivity index is 1.44. The number of aromatic nitrogens is 3. The molecule has 2 aromatic heterocycles. The van der Waals surface area contributed by atoms with Crippen LogP contribution in [0.5, 0.6) is 0 Å². The molecule has 33 heavy (non-hydrogen) atoms. The van der Waals surface area contributed by atoms with Gasteiger partial charge in [-0.25, -0.2) is 18.3 Å². The van der Waals surface area contributed by atoms with E-state index in [0.717, 1.165) is 11.8 Å². The van der Waals surface area contributed by atoms with E-state index < -0.39 is 9.84 Å². The van der Waals surface area contributed by atoms with Gasteiger partial charge in [0, 0.05) is 28.9 Å². The fraction of sp³-hybridized carbons (Fsp3) is 0. The Morgan fingerprint density at radius 2 is 1.76 bits per heavy atom. The Labute approximate surface area is 197 Å². The number of aromatic amines is 1. The highest BCUT2D eigenvalue weighted by atomic mass is 32.2. The van der Waals surface area contributed by atoms with Crippen LogP contribution in [0, 0.1) is 5.41 Å². The third-order valence-corrected chi connectivity index (χ3v) is 8.31. The summed E-state index contributed by atoms with van der Waals surface area (Å²) in [6.45, 7) is 0. The Hall–Kier alpha value is -3.54. The fourth-order valence-electron chi connectivity index (χ4n) is 3.30. The molecule has 1 aliphatic heterocycles. The van der Waals surface area contributed by atoms with Crippen LogP contribution in [-0.4, -0.2) is 34.7 Å². The van der Waals surface area contributed by atoms with Gasteiger partial charge in [-0.05, 0) is 42.1 Å². The van der Waals surface area contributed by atoms with Crippen LogP contribution in [0.15, 0.2) is 87.1 Å². The first-order chi connectivity index (χ1) is 15.9. The standard InChI is InChI=1S/C22H15N5O3S3/c23-21-27(22-24-10-11-31-22)20(28)18(32-21)12-15-13-25-26-19(15)14-6-8-17(9-7-14)33(29,30)16-4-2-1-3-5-16/h1-13,23H,(H,25,26)/b18-12-,23-21?. The summed E-state index contributed by atoms with van der Waals surface area (Å²) in [6, 6.07) is 14.7. The number of carbonyl (C=O) groups is 1. The molecule has 0 radical (unpaired) electrons. The van der Waals surface area contributed by atoms with E-state index in [1.165, 1.54) is 16.2 Å². The number of sulfone groups is 1. The number of hydrogen-bond acceptors (Lipinski definition) is 8. The number of thioether (sulfide) groups is 1. The van der Waals surface area contributed by atoms with Gasteiger partial charge in [-0.15, -0.1) is 11.3 Å². The predicted octanol–water partition coefficient (Wildman–Crippen LogP) is 4.42. The average Bonchev–Trinajstić information content (AvgIpc) is 3.56. The van der Waals surface area contributed by atoms with Gasteiger partial charge in [0.25, 0.3) is 5.91 Å². The number of nitrogens with one attached hydrogen (secondary N) is 2. The monoisotopic (exact) mass is 493 g/mol. The fourth-order valence-corrected chi connectivity index (χ4v) is 6.11. The molecular weight excluding hydrogens is 478 g/mol. The molecule has 8 nitrogen and oxygen atoms in total. The van der Waals surface area contributed by atoms with Crippen molar-refractivity contribution in [2.24, 2.45) is 0 Å². The van der Waals surface area contributed by atoms with Crippen LogP contribution in [0.2, 0.25) is 0 Å². The second-order valence-electron chi connectivity index (χ2n) is 6.90. The molecule has 0 saturated carbocycles. The number of carbonyl (C=O) groups excluding carboxylic acids is 1. The van der Waals surface area contributed by atoms with Crippen LogP contribution in [0.1, 0.15) is 5.56 Å². The zero-order valence-corrected chi connectivity index (χ0v) is 19.2. The summed E-state index contributed by atoms with van der Waals surface area (Å²) in [5, 5.41) is 17.5. The van der Waals surface area contributed by atoms with Crippen molar-refractivity contribution in [3.8, 4) is 11.3 Å². The van der Waals surface area contributed by atoms with Crippen molar-refractivity contribution in [2.75, 3.05) is 4.90 Å². The van der Waals surface area contributed by atoms with Gasteiger partial charge in [0.2, 0.25) is 9.84 Å². The van der Waals surface area contributed by atoms with Crippen LogP contribution < -0.4 is 4.90 Å². The number of anilines is 1. The molecule has 1 saturated heterocycles. The predicted molar refractivity (Wildman–Crippen MR) is 129 cm³/mol. The first kappa shape index (κ1) is 21.3. The minimum absolute atomic E-state index is 0.0849. The number of H-pyrrole nitrogens is 1. The molecule has 1 amide bonds. The van der Waals surface area contributed by atoms with Crippen LogP contribution in [-0.2, 0) is 14.6 Å². The van der Waals surface area contributed by atoms with Crippen molar-refractivity contribution < 1.29 is 13.2 Å². The van der Waals surface area contributed by atoms with E-state index in [9.17, 15) is 13.2 Å². The maximum atomic E-state index is 12.8. The number of amides is 1. The molecule has 0 atom stereocenters. The van der Waals surface area contributed by atoms with Gasteiger partial charge >= 0.3 is 0 Å². The Morgan fingerprint density at radius 1 is 1.03 bits per heavy atom. The van der Waals surface area contributed by atoms with Gasteiger partial charge in [-0.1, -0.05) is 30.3 Å². The van der Waals surface area contributed by atoms with E-state index in [-0.39, 0.29) is 20.9 Å². The molecule has 4 aromatic rings. The first-order valence-corrected chi connectivity index (χ1v) is 12.8. The first-order valence-electron chi connectivity index (χ1n) is 9.61. The lowest BCUT2D eigenvalue weighted by atomic mass is 10.1. The van der Waals surface area contributed by atoms with Crippen LogP contribution in [0.4, 0.5) is 5.13 Å². The van der Waals surface area contributed by atoms with E-state index in [0.29, 0.717) is 26.9 Å². The summed E-state index contributed by atoms with van der Waals surface area (Å²) < 4.78 is 25.6. The lowest BCUT2D eigenvalue weighted by Gasteiger charge is -2.09. The van der Waals surface area contributed by atoms with Crippen molar-refractivity contribution in [3.05, 3.63) is 82.8 Å². The summed E-state index contributed by atoms with van der Waals surface area (Å²) >= 11 is 2.34. The van der Waals surface area contributed by atoms with E-state index in [1.54, 1.807) is 78.4 Å². The van der Waals surface area contributed by atoms with Crippen LogP contribution in [0.25, 0.3) is 17.3 Å². The van der Waals surface area contributed by atoms with Gasteiger partial charge < -0.3 is 0 Å². The molecule has 5 rings (SSSR count). The molecule has 2 N–H and O–H groups in total. The van der Waals surface area contributed by atoms with Crippen LogP contribution in [0.3, 0.4) is 0 Å². The van der Waals surface area contributed by atoms with E-state index in [2.05, 4.69) is 15.2 Å². The Kier molecular flexibility index (Phi) is 5.44. The highest BCUT2D eigenvalue weighted by Gasteiger charge is 2.35. The maximum Gasteiger partial charge on any atom is 0.273 e. The Morgan fingerprint density at radius 3 is 2.45 bits per heavy atom. The molecule has 0 bridgehead atoms. The molecule has 2 aromatic carbocycles. The van der Waals surface area contributed by atoms with Gasteiger partial charge in [0.05, 0.1) is 20.4 Å². The second-order valence-corrected chi connectivity index (χ2v) is 10.8. The molecule has 0 aliphatic carbocycles. The van der Waals surface area contributed by atoms with Crippen molar-refractivity contribution >= 4 is 55.2 Å². The zero-order chi connectivity index (χ0) is 23.0. The minimum atomic E-state index is -3.62. The second kappa shape index (κ2) is 8.43. The van der Waals surface area contributed by atoms with Gasteiger partial charge in [0.15, 0.2) is 10.3 Å². The summed E-state index contributed by atoms with van der Waals surface area (Å²) in [7, 11) is -3.62. The number of hydrogen-bond donors (Lipinski definition) is 2. The average molecular weight is 494 g/mol. The van der Waals surface area contributed by atoms with Gasteiger partial charge in [-0.2, -0.15) is 5.10 Å². The lowest BCUT2D eigenvalue weighted by molar-refractivity contribution is -0.113. The van der Waals surface area contributed by atoms with Gasteiger partial charge in [0.1, 0.15) is 0 Å². The van der Waals surface area contributed by atoms with Crippen molar-refractivity contribution in [1.29, 1.82) is 5.41 Å². The lowest BCUT2D eigenvalue weighted by Crippen LogP contribution is -2.27. The SMILES string of the molecule is N=C1S/C(=C\c2c[nH]nc2-c2ccc(S(=O)(=O)c3ccccc3)cc2)C(=O)N1c1nccs1. The quantitative estimate of drug-likeness (QED) is 0.397. The number of thiazole rings is 1.